The summed E-state index contributed by atoms with van der Waals surface area (Å²) in [5.74, 6) is 0.106. The van der Waals surface area contributed by atoms with Gasteiger partial charge in [-0.05, 0) is 37.0 Å². The number of nitrogens with two attached hydrogens (primary N) is 1. The van der Waals surface area contributed by atoms with Crippen LogP contribution in [0.15, 0.2) is 24.3 Å². The second kappa shape index (κ2) is 8.14. The van der Waals surface area contributed by atoms with E-state index < -0.39 is 6.61 Å². The number of carbonyl (C=O) groups is 1. The summed E-state index contributed by atoms with van der Waals surface area (Å²) in [5.41, 5.74) is 6.61. The highest BCUT2D eigenvalue weighted by Crippen LogP contribution is 2.24. The fourth-order valence-electron chi connectivity index (χ4n) is 2.38. The van der Waals surface area contributed by atoms with Crippen LogP contribution < -0.4 is 15.8 Å². The highest BCUT2D eigenvalue weighted by Gasteiger charge is 2.27. The van der Waals surface area contributed by atoms with Gasteiger partial charge in [0, 0.05) is 18.5 Å². The van der Waals surface area contributed by atoms with Gasteiger partial charge in [0.05, 0.1) is 0 Å². The zero-order valence-electron chi connectivity index (χ0n) is 11.4. The summed E-state index contributed by atoms with van der Waals surface area (Å²) in [5, 5.41) is 2.84. The van der Waals surface area contributed by atoms with Gasteiger partial charge in [-0.25, -0.2) is 0 Å². The van der Waals surface area contributed by atoms with Gasteiger partial charge in [0.2, 0.25) is 5.91 Å². The third kappa shape index (κ3) is 5.47. The zero-order valence-corrected chi connectivity index (χ0v) is 12.2. The Balaban J connectivity index is 0.00000220. The molecular weight excluding hydrogens is 302 g/mol. The predicted molar refractivity (Wildman–Crippen MR) is 77.5 cm³/mol. The molecule has 0 saturated heterocycles. The van der Waals surface area contributed by atoms with E-state index >= 15 is 0 Å². The van der Waals surface area contributed by atoms with E-state index in [2.05, 4.69) is 10.1 Å². The largest absolute Gasteiger partial charge is 0.435 e. The van der Waals surface area contributed by atoms with Crippen molar-refractivity contribution in [2.24, 2.45) is 11.7 Å². The first-order valence-electron chi connectivity index (χ1n) is 6.61. The van der Waals surface area contributed by atoms with Crippen molar-refractivity contribution in [3.63, 3.8) is 0 Å². The molecule has 4 nitrogen and oxygen atoms in total. The van der Waals surface area contributed by atoms with Gasteiger partial charge in [-0.15, -0.1) is 12.4 Å². The number of rotatable bonds is 5. The first kappa shape index (κ1) is 17.7. The summed E-state index contributed by atoms with van der Waals surface area (Å²) in [6.45, 7) is -2.45. The molecule has 0 bridgehead atoms. The molecule has 1 aliphatic carbocycles. The summed E-state index contributed by atoms with van der Waals surface area (Å²) in [4.78, 5) is 11.9. The molecule has 0 radical (unpaired) electrons. The molecule has 1 saturated carbocycles. The lowest BCUT2D eigenvalue weighted by Crippen LogP contribution is -2.29. The van der Waals surface area contributed by atoms with Gasteiger partial charge in [0.25, 0.3) is 0 Å². The summed E-state index contributed by atoms with van der Waals surface area (Å²) in [6, 6.07) is 6.34. The van der Waals surface area contributed by atoms with Crippen molar-refractivity contribution in [3.8, 4) is 5.75 Å². The average molecular weight is 321 g/mol. The lowest BCUT2D eigenvalue weighted by atomic mass is 10.1. The maximum atomic E-state index is 12.0. The van der Waals surface area contributed by atoms with Gasteiger partial charge < -0.3 is 15.8 Å². The lowest BCUT2D eigenvalue weighted by Gasteiger charge is -2.11. The summed E-state index contributed by atoms with van der Waals surface area (Å²) in [6.07, 6.45) is 2.44. The van der Waals surface area contributed by atoms with Gasteiger partial charge in [-0.2, -0.15) is 8.78 Å². The minimum Gasteiger partial charge on any atom is -0.435 e. The van der Waals surface area contributed by atoms with E-state index in [1.807, 2.05) is 0 Å². The Morgan fingerprint density at radius 1 is 1.33 bits per heavy atom. The fraction of sp³-hybridized carbons (Fsp3) is 0.500. The van der Waals surface area contributed by atoms with Gasteiger partial charge in [-0.1, -0.05) is 12.1 Å². The molecule has 1 aliphatic rings. The van der Waals surface area contributed by atoms with Crippen LogP contribution in [0.4, 0.5) is 8.78 Å². The number of hydrogen-bond donors (Lipinski definition) is 2. The Kier molecular flexibility index (Phi) is 6.84. The molecule has 2 unspecified atom stereocenters. The number of ether oxygens (including phenoxy) is 1. The second-order valence-corrected chi connectivity index (χ2v) is 5.01. The highest BCUT2D eigenvalue weighted by molar-refractivity contribution is 5.85. The summed E-state index contributed by atoms with van der Waals surface area (Å²) in [7, 11) is 0. The summed E-state index contributed by atoms with van der Waals surface area (Å²) < 4.78 is 28.2. The molecule has 118 valence electrons. The Morgan fingerprint density at radius 2 is 2.00 bits per heavy atom. The number of halogens is 3. The minimum atomic E-state index is -2.83. The van der Waals surface area contributed by atoms with Crippen molar-refractivity contribution in [3.05, 3.63) is 29.8 Å². The predicted octanol–water partition coefficient (Wildman–Crippen LogP) is 2.45. The van der Waals surface area contributed by atoms with Crippen molar-refractivity contribution in [2.75, 3.05) is 0 Å². The number of nitrogens with one attached hydrogen (secondary N) is 1. The molecule has 0 aromatic heterocycles. The van der Waals surface area contributed by atoms with Crippen molar-refractivity contribution in [1.82, 2.24) is 5.32 Å². The van der Waals surface area contributed by atoms with Crippen LogP contribution in [0.25, 0.3) is 0 Å². The van der Waals surface area contributed by atoms with Crippen LogP contribution >= 0.6 is 12.4 Å². The topological polar surface area (TPSA) is 64.4 Å². The third-order valence-electron chi connectivity index (χ3n) is 3.46. The van der Waals surface area contributed by atoms with Crippen molar-refractivity contribution >= 4 is 18.3 Å². The van der Waals surface area contributed by atoms with Crippen LogP contribution in [0, 0.1) is 5.92 Å². The van der Waals surface area contributed by atoms with E-state index in [4.69, 9.17) is 5.73 Å². The maximum absolute atomic E-state index is 12.0. The monoisotopic (exact) mass is 320 g/mol. The van der Waals surface area contributed by atoms with Gasteiger partial charge >= 0.3 is 6.61 Å². The van der Waals surface area contributed by atoms with E-state index in [-0.39, 0.29) is 36.0 Å². The minimum absolute atomic E-state index is 0. The molecule has 1 aromatic rings. The molecule has 0 spiro atoms. The first-order valence-corrected chi connectivity index (χ1v) is 6.61. The van der Waals surface area contributed by atoms with E-state index in [1.165, 1.54) is 12.1 Å². The molecule has 1 amide bonds. The van der Waals surface area contributed by atoms with Crippen LogP contribution in [-0.2, 0) is 11.3 Å². The molecule has 2 rings (SSSR count). The smallest absolute Gasteiger partial charge is 0.387 e. The molecule has 1 aromatic carbocycles. The fourth-order valence-corrected chi connectivity index (χ4v) is 2.38. The van der Waals surface area contributed by atoms with E-state index in [0.717, 1.165) is 24.8 Å². The lowest BCUT2D eigenvalue weighted by molar-refractivity contribution is -0.125. The van der Waals surface area contributed by atoms with E-state index in [9.17, 15) is 13.6 Å². The Labute approximate surface area is 128 Å². The standard InChI is InChI=1S/C14H18F2N2O2.ClH/c15-14(16)20-12-5-1-9(2-6-12)8-18-13(19)10-3-4-11(17)7-10;/h1-2,5-6,10-11,14H,3-4,7-8,17H2,(H,18,19);1H. The van der Waals surface area contributed by atoms with Crippen LogP contribution in [0.5, 0.6) is 5.75 Å². The molecule has 21 heavy (non-hydrogen) atoms. The number of amides is 1. The van der Waals surface area contributed by atoms with Gasteiger partial charge in [0.15, 0.2) is 0 Å². The van der Waals surface area contributed by atoms with Gasteiger partial charge in [0.1, 0.15) is 5.75 Å². The quantitative estimate of drug-likeness (QED) is 0.876. The summed E-state index contributed by atoms with van der Waals surface area (Å²) >= 11 is 0. The molecule has 7 heteroatoms. The Bertz CT molecular complexity index is 457. The maximum Gasteiger partial charge on any atom is 0.387 e. The SMILES string of the molecule is Cl.NC1CCC(C(=O)NCc2ccc(OC(F)F)cc2)C1. The second-order valence-electron chi connectivity index (χ2n) is 5.01. The molecule has 0 aliphatic heterocycles. The van der Waals surface area contributed by atoms with Crippen molar-refractivity contribution in [2.45, 2.75) is 38.5 Å². The first-order chi connectivity index (χ1) is 9.54. The highest BCUT2D eigenvalue weighted by atomic mass is 35.5. The Morgan fingerprint density at radius 3 is 2.52 bits per heavy atom. The van der Waals surface area contributed by atoms with E-state index in [0.29, 0.717) is 6.54 Å². The normalized spacial score (nSPS) is 21.0. The third-order valence-corrected chi connectivity index (χ3v) is 3.46. The van der Waals surface area contributed by atoms with Crippen LogP contribution in [0.1, 0.15) is 24.8 Å². The molecule has 0 heterocycles. The van der Waals surface area contributed by atoms with Crippen LogP contribution in [0.3, 0.4) is 0 Å². The molecule has 3 N–H and O–H groups in total. The zero-order chi connectivity index (χ0) is 14.5. The number of benzene rings is 1. The van der Waals surface area contributed by atoms with E-state index in [1.54, 1.807) is 12.1 Å². The van der Waals surface area contributed by atoms with Crippen molar-refractivity contribution < 1.29 is 18.3 Å². The van der Waals surface area contributed by atoms with Crippen LogP contribution in [0.2, 0.25) is 0 Å². The molecular formula is C14H19ClF2N2O2. The average Bonchev–Trinajstić information content (AvgIpc) is 2.84. The molecule has 2 atom stereocenters. The number of hydrogen-bond acceptors (Lipinski definition) is 3. The number of carbonyl (C=O) groups excluding carboxylic acids is 1. The van der Waals surface area contributed by atoms with Gasteiger partial charge in [-0.3, -0.25) is 4.79 Å². The molecule has 1 fully saturated rings. The van der Waals surface area contributed by atoms with Crippen LogP contribution in [-0.4, -0.2) is 18.6 Å². The number of alkyl halides is 2. The van der Waals surface area contributed by atoms with Crippen molar-refractivity contribution in [1.29, 1.82) is 0 Å². The Hall–Kier alpha value is -1.40.